The highest BCUT2D eigenvalue weighted by molar-refractivity contribution is 6.30. The molecule has 6 heteroatoms. The fraction of sp³-hybridized carbons (Fsp3) is 0.545. The second-order valence-electron chi connectivity index (χ2n) is 7.69. The minimum absolute atomic E-state index is 0.222. The van der Waals surface area contributed by atoms with Crippen molar-refractivity contribution in [2.45, 2.75) is 46.1 Å². The van der Waals surface area contributed by atoms with Crippen molar-refractivity contribution in [3.63, 3.8) is 0 Å². The number of aryl methyl sites for hydroxylation is 2. The van der Waals surface area contributed by atoms with E-state index < -0.39 is 0 Å². The number of nitrogens with zero attached hydrogens (tertiary/aromatic N) is 4. The third-order valence-corrected chi connectivity index (χ3v) is 5.61. The standard InChI is InChI=1S/C22H31ClN4O/c1-4-5-20(28)15-26-10-12-27(13-11-26)22-21(16(2)24-17(3)25-22)14-18-6-8-19(23)9-7-18/h6-9,20,28H,4-5,10-15H2,1-3H3/t20-/m1/s1. The van der Waals surface area contributed by atoms with E-state index >= 15 is 0 Å². The number of anilines is 1. The van der Waals surface area contributed by atoms with Gasteiger partial charge in [-0.05, 0) is 38.0 Å². The Balaban J connectivity index is 1.74. The van der Waals surface area contributed by atoms with Gasteiger partial charge < -0.3 is 10.0 Å². The minimum Gasteiger partial charge on any atom is -0.392 e. The first-order valence-electron chi connectivity index (χ1n) is 10.2. The maximum absolute atomic E-state index is 10.1. The van der Waals surface area contributed by atoms with Crippen LogP contribution in [0.2, 0.25) is 5.02 Å². The van der Waals surface area contributed by atoms with Crippen molar-refractivity contribution < 1.29 is 5.11 Å². The molecule has 0 unspecified atom stereocenters. The molecule has 1 aromatic heterocycles. The summed E-state index contributed by atoms with van der Waals surface area (Å²) in [6, 6.07) is 8.00. The van der Waals surface area contributed by atoms with Gasteiger partial charge in [-0.15, -0.1) is 0 Å². The number of rotatable bonds is 7. The van der Waals surface area contributed by atoms with Gasteiger partial charge in [0.15, 0.2) is 0 Å². The summed E-state index contributed by atoms with van der Waals surface area (Å²) in [5.41, 5.74) is 3.44. The molecule has 28 heavy (non-hydrogen) atoms. The van der Waals surface area contributed by atoms with Crippen LogP contribution in [0.15, 0.2) is 24.3 Å². The zero-order chi connectivity index (χ0) is 20.1. The summed E-state index contributed by atoms with van der Waals surface area (Å²) < 4.78 is 0. The average Bonchev–Trinajstić information content (AvgIpc) is 2.66. The van der Waals surface area contributed by atoms with Crippen LogP contribution in [0.4, 0.5) is 5.82 Å². The molecular formula is C22H31ClN4O. The molecule has 5 nitrogen and oxygen atoms in total. The Hall–Kier alpha value is -1.69. The lowest BCUT2D eigenvalue weighted by Gasteiger charge is -2.37. The van der Waals surface area contributed by atoms with Crippen molar-refractivity contribution in [2.75, 3.05) is 37.6 Å². The Morgan fingerprint density at radius 3 is 2.39 bits per heavy atom. The second-order valence-corrected chi connectivity index (χ2v) is 8.13. The molecule has 1 aliphatic heterocycles. The molecule has 0 spiro atoms. The van der Waals surface area contributed by atoms with Gasteiger partial charge in [0.2, 0.25) is 0 Å². The molecule has 1 fully saturated rings. The van der Waals surface area contributed by atoms with Gasteiger partial charge in [0, 0.05) is 55.4 Å². The summed E-state index contributed by atoms with van der Waals surface area (Å²) in [5.74, 6) is 1.86. The van der Waals surface area contributed by atoms with Crippen LogP contribution >= 0.6 is 11.6 Å². The molecule has 1 saturated heterocycles. The summed E-state index contributed by atoms with van der Waals surface area (Å²) in [6.45, 7) is 10.6. The number of β-amino-alcohol motifs (C(OH)–C–C–N with tert-alkyl or cyclic N) is 1. The van der Waals surface area contributed by atoms with Crippen molar-refractivity contribution in [1.29, 1.82) is 0 Å². The molecule has 2 aromatic rings. The van der Waals surface area contributed by atoms with Crippen molar-refractivity contribution in [3.8, 4) is 0 Å². The van der Waals surface area contributed by atoms with Crippen LogP contribution in [0.3, 0.4) is 0 Å². The van der Waals surface area contributed by atoms with E-state index in [0.717, 1.165) is 74.3 Å². The zero-order valence-electron chi connectivity index (χ0n) is 17.2. The molecule has 3 rings (SSSR count). The molecule has 0 aliphatic carbocycles. The number of aliphatic hydroxyl groups is 1. The number of halogens is 1. The summed E-state index contributed by atoms with van der Waals surface area (Å²) in [7, 11) is 0. The van der Waals surface area contributed by atoms with E-state index in [2.05, 4.69) is 40.8 Å². The largest absolute Gasteiger partial charge is 0.392 e. The maximum atomic E-state index is 10.1. The molecule has 152 valence electrons. The van der Waals surface area contributed by atoms with Crippen molar-refractivity contribution in [2.24, 2.45) is 0 Å². The first kappa shape index (κ1) is 21.0. The fourth-order valence-electron chi connectivity index (χ4n) is 3.86. The van der Waals surface area contributed by atoms with Crippen molar-refractivity contribution in [1.82, 2.24) is 14.9 Å². The molecule has 1 atom stereocenters. The third-order valence-electron chi connectivity index (χ3n) is 5.36. The van der Waals surface area contributed by atoms with Crippen LogP contribution in [0, 0.1) is 13.8 Å². The lowest BCUT2D eigenvalue weighted by atomic mass is 10.0. The molecule has 0 radical (unpaired) electrons. The summed E-state index contributed by atoms with van der Waals surface area (Å²) >= 11 is 6.03. The molecule has 2 heterocycles. The lowest BCUT2D eigenvalue weighted by molar-refractivity contribution is 0.101. The molecule has 0 saturated carbocycles. The smallest absolute Gasteiger partial charge is 0.136 e. The Kier molecular flexibility index (Phi) is 7.27. The first-order valence-corrected chi connectivity index (χ1v) is 10.6. The monoisotopic (exact) mass is 402 g/mol. The molecule has 1 aliphatic rings. The van der Waals surface area contributed by atoms with Gasteiger partial charge in [0.1, 0.15) is 11.6 Å². The van der Waals surface area contributed by atoms with Gasteiger partial charge in [-0.1, -0.05) is 37.1 Å². The lowest BCUT2D eigenvalue weighted by Crippen LogP contribution is -2.49. The zero-order valence-corrected chi connectivity index (χ0v) is 17.9. The fourth-order valence-corrected chi connectivity index (χ4v) is 3.98. The van der Waals surface area contributed by atoms with E-state index in [1.807, 2.05) is 19.1 Å². The van der Waals surface area contributed by atoms with E-state index in [1.54, 1.807) is 0 Å². The number of benzene rings is 1. The molecule has 0 bridgehead atoms. The van der Waals surface area contributed by atoms with Gasteiger partial charge in [0.25, 0.3) is 0 Å². The van der Waals surface area contributed by atoms with Crippen LogP contribution in [-0.4, -0.2) is 58.8 Å². The number of hydrogen-bond donors (Lipinski definition) is 1. The second kappa shape index (κ2) is 9.68. The third kappa shape index (κ3) is 5.43. The number of aromatic nitrogens is 2. The molecular weight excluding hydrogens is 372 g/mol. The van der Waals surface area contributed by atoms with Gasteiger partial charge in [-0.3, -0.25) is 4.90 Å². The van der Waals surface area contributed by atoms with Crippen LogP contribution in [-0.2, 0) is 6.42 Å². The molecule has 1 N–H and O–H groups in total. The predicted molar refractivity (Wildman–Crippen MR) is 115 cm³/mol. The SMILES string of the molecule is CCC[C@@H](O)CN1CCN(c2nc(C)nc(C)c2Cc2ccc(Cl)cc2)CC1. The van der Waals surface area contributed by atoms with E-state index in [9.17, 15) is 5.11 Å². The normalized spacial score (nSPS) is 16.4. The van der Waals surface area contributed by atoms with Crippen LogP contribution in [0.5, 0.6) is 0 Å². The quantitative estimate of drug-likeness (QED) is 0.766. The summed E-state index contributed by atoms with van der Waals surface area (Å²) in [4.78, 5) is 14.1. The van der Waals surface area contributed by atoms with Crippen LogP contribution in [0.1, 0.15) is 42.4 Å². The highest BCUT2D eigenvalue weighted by atomic mass is 35.5. The van der Waals surface area contributed by atoms with Gasteiger partial charge in [-0.25, -0.2) is 9.97 Å². The molecule has 0 amide bonds. The van der Waals surface area contributed by atoms with Gasteiger partial charge >= 0.3 is 0 Å². The van der Waals surface area contributed by atoms with E-state index in [4.69, 9.17) is 16.6 Å². The van der Waals surface area contributed by atoms with E-state index in [-0.39, 0.29) is 6.10 Å². The Morgan fingerprint density at radius 1 is 1.07 bits per heavy atom. The Labute approximate surface area is 173 Å². The van der Waals surface area contributed by atoms with E-state index in [1.165, 1.54) is 11.1 Å². The van der Waals surface area contributed by atoms with Crippen LogP contribution in [0.25, 0.3) is 0 Å². The number of piperazine rings is 1. The highest BCUT2D eigenvalue weighted by Gasteiger charge is 2.23. The van der Waals surface area contributed by atoms with Crippen molar-refractivity contribution >= 4 is 17.4 Å². The van der Waals surface area contributed by atoms with Gasteiger partial charge in [0.05, 0.1) is 6.10 Å². The highest BCUT2D eigenvalue weighted by Crippen LogP contribution is 2.25. The van der Waals surface area contributed by atoms with Crippen molar-refractivity contribution in [3.05, 3.63) is 51.9 Å². The van der Waals surface area contributed by atoms with Gasteiger partial charge in [-0.2, -0.15) is 0 Å². The minimum atomic E-state index is -0.222. The first-order chi connectivity index (χ1) is 13.5. The number of hydrogen-bond acceptors (Lipinski definition) is 5. The summed E-state index contributed by atoms with van der Waals surface area (Å²) in [6.07, 6.45) is 2.47. The maximum Gasteiger partial charge on any atom is 0.136 e. The average molecular weight is 403 g/mol. The molecule has 1 aromatic carbocycles. The Bertz CT molecular complexity index is 773. The van der Waals surface area contributed by atoms with Crippen LogP contribution < -0.4 is 4.90 Å². The number of aliphatic hydroxyl groups excluding tert-OH is 1. The van der Waals surface area contributed by atoms with E-state index in [0.29, 0.717) is 0 Å². The Morgan fingerprint density at radius 2 is 1.75 bits per heavy atom. The predicted octanol–water partition coefficient (Wildman–Crippen LogP) is 3.62. The summed E-state index contributed by atoms with van der Waals surface area (Å²) in [5, 5.41) is 10.9. The topological polar surface area (TPSA) is 52.5 Å².